The summed E-state index contributed by atoms with van der Waals surface area (Å²) in [7, 11) is 0. The van der Waals surface area contributed by atoms with Gasteiger partial charge in [-0.1, -0.05) is 38.3 Å². The summed E-state index contributed by atoms with van der Waals surface area (Å²) in [5, 5.41) is 0.0950. The van der Waals surface area contributed by atoms with Crippen molar-refractivity contribution in [2.75, 3.05) is 6.54 Å². The molecule has 112 valence electrons. The number of amides is 1. The predicted octanol–water partition coefficient (Wildman–Crippen LogP) is 3.66. The van der Waals surface area contributed by atoms with E-state index in [4.69, 9.17) is 0 Å². The Labute approximate surface area is 130 Å². The molecule has 0 saturated heterocycles. The van der Waals surface area contributed by atoms with Gasteiger partial charge in [-0.3, -0.25) is 9.59 Å². The minimum Gasteiger partial charge on any atom is -0.327 e. The Balaban J connectivity index is 1.99. The van der Waals surface area contributed by atoms with E-state index >= 15 is 0 Å². The van der Waals surface area contributed by atoms with Gasteiger partial charge in [-0.25, -0.2) is 0 Å². The molecule has 1 aromatic rings. The van der Waals surface area contributed by atoms with E-state index in [2.05, 4.69) is 6.92 Å². The topological polar surface area (TPSA) is 37.4 Å². The van der Waals surface area contributed by atoms with Crippen LogP contribution in [0.1, 0.15) is 54.9 Å². The second-order valence-electron chi connectivity index (χ2n) is 5.89. The fourth-order valence-electron chi connectivity index (χ4n) is 3.36. The summed E-state index contributed by atoms with van der Waals surface area (Å²) < 4.78 is 0. The zero-order valence-corrected chi connectivity index (χ0v) is 13.2. The van der Waals surface area contributed by atoms with Gasteiger partial charge in [0.25, 0.3) is 5.91 Å². The monoisotopic (exact) mass is 303 g/mol. The van der Waals surface area contributed by atoms with Crippen LogP contribution < -0.4 is 0 Å². The third-order valence-corrected chi connectivity index (χ3v) is 5.43. The van der Waals surface area contributed by atoms with Crippen LogP contribution in [0.2, 0.25) is 0 Å². The molecule has 1 amide bonds. The van der Waals surface area contributed by atoms with Crippen LogP contribution in [0.15, 0.2) is 23.1 Å². The number of hydrogen-bond donors (Lipinski definition) is 0. The lowest BCUT2D eigenvalue weighted by Gasteiger charge is -2.26. The maximum absolute atomic E-state index is 12.9. The molecule has 2 aliphatic rings. The van der Waals surface area contributed by atoms with Gasteiger partial charge in [0, 0.05) is 10.9 Å². The molecule has 1 heterocycles. The maximum atomic E-state index is 12.9. The molecule has 0 aromatic heterocycles. The van der Waals surface area contributed by atoms with E-state index in [0.29, 0.717) is 0 Å². The molecule has 0 bridgehead atoms. The van der Waals surface area contributed by atoms with Crippen molar-refractivity contribution in [3.8, 4) is 0 Å². The van der Waals surface area contributed by atoms with E-state index in [9.17, 15) is 9.59 Å². The second kappa shape index (κ2) is 6.22. The van der Waals surface area contributed by atoms with E-state index in [1.165, 1.54) is 24.6 Å². The van der Waals surface area contributed by atoms with Crippen molar-refractivity contribution in [2.24, 2.45) is 0 Å². The van der Waals surface area contributed by atoms with Gasteiger partial charge in [0.05, 0.1) is 12.1 Å². The summed E-state index contributed by atoms with van der Waals surface area (Å²) in [5.74, 6) is 0.0493. The lowest BCUT2D eigenvalue weighted by molar-refractivity contribution is -0.111. The highest BCUT2D eigenvalue weighted by molar-refractivity contribution is 8.13. The third-order valence-electron chi connectivity index (χ3n) is 4.39. The van der Waals surface area contributed by atoms with Gasteiger partial charge in [-0.2, -0.15) is 0 Å². The van der Waals surface area contributed by atoms with Crippen LogP contribution in [-0.4, -0.2) is 28.5 Å². The number of benzene rings is 1. The van der Waals surface area contributed by atoms with Crippen LogP contribution in [0.3, 0.4) is 0 Å². The number of aryl methyl sites for hydroxylation is 1. The molecule has 3 nitrogen and oxygen atoms in total. The summed E-state index contributed by atoms with van der Waals surface area (Å²) >= 11 is 1.26. The van der Waals surface area contributed by atoms with Crippen LogP contribution in [0.4, 0.5) is 0 Å². The molecule has 0 unspecified atom stereocenters. The van der Waals surface area contributed by atoms with Crippen molar-refractivity contribution in [1.29, 1.82) is 0 Å². The van der Waals surface area contributed by atoms with Gasteiger partial charge in [0.2, 0.25) is 5.12 Å². The number of hydrogen-bond acceptors (Lipinski definition) is 3. The van der Waals surface area contributed by atoms with Crippen molar-refractivity contribution in [3.63, 3.8) is 0 Å². The first-order valence-electron chi connectivity index (χ1n) is 7.84. The van der Waals surface area contributed by atoms with Crippen molar-refractivity contribution in [3.05, 3.63) is 29.3 Å². The van der Waals surface area contributed by atoms with Crippen molar-refractivity contribution in [2.45, 2.75) is 56.4 Å². The molecule has 21 heavy (non-hydrogen) atoms. The van der Waals surface area contributed by atoms with Crippen molar-refractivity contribution < 1.29 is 9.59 Å². The molecule has 0 N–H and O–H groups in total. The quantitative estimate of drug-likeness (QED) is 0.855. The first-order valence-corrected chi connectivity index (χ1v) is 8.66. The molecular weight excluding hydrogens is 282 g/mol. The fraction of sp³-hybridized carbons (Fsp3) is 0.529. The summed E-state index contributed by atoms with van der Waals surface area (Å²) in [4.78, 5) is 27.9. The van der Waals surface area contributed by atoms with Gasteiger partial charge in [-0.05, 0) is 42.7 Å². The molecule has 3 rings (SSSR count). The molecule has 1 fully saturated rings. The minimum atomic E-state index is 0.0493. The standard InChI is InChI=1S/C17H21NO2S/c1-2-6-12-7-5-10-14-16(12)21-15(19)11-18(17(14)20)13-8-3-4-9-13/h5,7,10,13H,2-4,6,8-9,11H2,1H3. The third kappa shape index (κ3) is 2.86. The van der Waals surface area contributed by atoms with Crippen molar-refractivity contribution in [1.82, 2.24) is 4.90 Å². The van der Waals surface area contributed by atoms with Gasteiger partial charge in [-0.15, -0.1) is 0 Å². The zero-order valence-electron chi connectivity index (χ0n) is 12.4. The van der Waals surface area contributed by atoms with Gasteiger partial charge >= 0.3 is 0 Å². The highest BCUT2D eigenvalue weighted by Gasteiger charge is 2.33. The van der Waals surface area contributed by atoms with Crippen LogP contribution in [0.5, 0.6) is 0 Å². The highest BCUT2D eigenvalue weighted by atomic mass is 32.2. The first kappa shape index (κ1) is 14.6. The number of nitrogens with zero attached hydrogens (tertiary/aromatic N) is 1. The Morgan fingerprint density at radius 2 is 2.00 bits per heavy atom. The molecule has 4 heteroatoms. The molecule has 0 radical (unpaired) electrons. The molecule has 0 atom stereocenters. The molecule has 0 spiro atoms. The number of carbonyl (C=O) groups excluding carboxylic acids is 2. The summed E-state index contributed by atoms with van der Waals surface area (Å²) in [6, 6.07) is 6.12. The Kier molecular flexibility index (Phi) is 4.34. The van der Waals surface area contributed by atoms with E-state index in [-0.39, 0.29) is 23.6 Å². The summed E-state index contributed by atoms with van der Waals surface area (Å²) in [6.45, 7) is 2.38. The average Bonchev–Trinajstić information content (AvgIpc) is 2.96. The number of carbonyl (C=O) groups is 2. The van der Waals surface area contributed by atoms with Crippen molar-refractivity contribution >= 4 is 22.8 Å². The predicted molar refractivity (Wildman–Crippen MR) is 84.6 cm³/mol. The van der Waals surface area contributed by atoms with Crippen LogP contribution >= 0.6 is 11.8 Å². The van der Waals surface area contributed by atoms with Gasteiger partial charge in [0.1, 0.15) is 0 Å². The Morgan fingerprint density at radius 3 is 2.71 bits per heavy atom. The summed E-state index contributed by atoms with van der Waals surface area (Å²) in [5.41, 5.74) is 1.86. The molecular formula is C17H21NO2S. The van der Waals surface area contributed by atoms with Gasteiger partial charge < -0.3 is 4.90 Å². The normalized spacial score (nSPS) is 19.8. The second-order valence-corrected chi connectivity index (χ2v) is 6.96. The average molecular weight is 303 g/mol. The molecule has 1 aliphatic carbocycles. The Bertz CT molecular complexity index is 564. The van der Waals surface area contributed by atoms with E-state index in [0.717, 1.165) is 41.7 Å². The Morgan fingerprint density at radius 1 is 1.24 bits per heavy atom. The number of rotatable bonds is 3. The van der Waals surface area contributed by atoms with E-state index in [1.807, 2.05) is 23.1 Å². The summed E-state index contributed by atoms with van der Waals surface area (Å²) in [6.07, 6.45) is 6.34. The maximum Gasteiger partial charge on any atom is 0.255 e. The van der Waals surface area contributed by atoms with E-state index in [1.54, 1.807) is 0 Å². The molecule has 1 aliphatic heterocycles. The van der Waals surface area contributed by atoms with Gasteiger partial charge in [0.15, 0.2) is 0 Å². The number of thioether (sulfide) groups is 1. The Hall–Kier alpha value is -1.29. The number of fused-ring (bicyclic) bond motifs is 1. The largest absolute Gasteiger partial charge is 0.327 e. The lowest BCUT2D eigenvalue weighted by Crippen LogP contribution is -2.40. The first-order chi connectivity index (χ1) is 10.2. The lowest BCUT2D eigenvalue weighted by atomic mass is 10.0. The zero-order chi connectivity index (χ0) is 14.8. The van der Waals surface area contributed by atoms with E-state index < -0.39 is 0 Å². The smallest absolute Gasteiger partial charge is 0.255 e. The molecule has 1 saturated carbocycles. The molecule has 1 aromatic carbocycles. The van der Waals surface area contributed by atoms with Crippen LogP contribution in [0.25, 0.3) is 0 Å². The SMILES string of the molecule is CCCc1cccc2c1SC(=O)CN(C1CCCC1)C2=O. The highest BCUT2D eigenvalue weighted by Crippen LogP contribution is 2.35. The van der Waals surface area contributed by atoms with Crippen LogP contribution in [-0.2, 0) is 11.2 Å². The fourth-order valence-corrected chi connectivity index (χ4v) is 4.36. The van der Waals surface area contributed by atoms with Crippen LogP contribution in [0, 0.1) is 0 Å². The minimum absolute atomic E-state index is 0.0493.